The molecular weight excluding hydrogens is 230 g/mol. The van der Waals surface area contributed by atoms with Crippen LogP contribution in [0.25, 0.3) is 0 Å². The van der Waals surface area contributed by atoms with Gasteiger partial charge in [-0.3, -0.25) is 4.79 Å². The van der Waals surface area contributed by atoms with Crippen LogP contribution >= 0.6 is 0 Å². The molecule has 100 valence electrons. The molecule has 0 saturated heterocycles. The Bertz CT molecular complexity index is 388. The second kappa shape index (κ2) is 7.01. The summed E-state index contributed by atoms with van der Waals surface area (Å²) in [5.41, 5.74) is 0.805. The first kappa shape index (κ1) is 14.5. The van der Waals surface area contributed by atoms with Crippen LogP contribution in [-0.4, -0.2) is 23.7 Å². The number of aliphatic hydroxyl groups excluding tert-OH is 1. The molecule has 0 aromatic heterocycles. The van der Waals surface area contributed by atoms with Crippen LogP contribution in [-0.2, 0) is 4.79 Å². The number of amides is 1. The fourth-order valence-corrected chi connectivity index (χ4v) is 1.52. The molecular formula is C14H21NO3. The smallest absolute Gasteiger partial charge is 0.223 e. The van der Waals surface area contributed by atoms with Gasteiger partial charge in [-0.15, -0.1) is 0 Å². The molecule has 0 heterocycles. The third-order valence-electron chi connectivity index (χ3n) is 2.39. The minimum absolute atomic E-state index is 0.0170. The van der Waals surface area contributed by atoms with E-state index in [1.807, 2.05) is 32.0 Å². The molecule has 0 spiro atoms. The van der Waals surface area contributed by atoms with Crippen LogP contribution in [0.4, 0.5) is 0 Å². The predicted molar refractivity (Wildman–Crippen MR) is 70.5 cm³/mol. The van der Waals surface area contributed by atoms with Crippen molar-refractivity contribution in [3.05, 3.63) is 29.8 Å². The van der Waals surface area contributed by atoms with Crippen molar-refractivity contribution < 1.29 is 14.6 Å². The summed E-state index contributed by atoms with van der Waals surface area (Å²) in [6.45, 7) is 5.88. The number of benzene rings is 1. The Morgan fingerprint density at radius 3 is 2.72 bits per heavy atom. The van der Waals surface area contributed by atoms with Crippen molar-refractivity contribution in [3.8, 4) is 5.75 Å². The van der Waals surface area contributed by atoms with Crippen LogP contribution in [0.5, 0.6) is 5.75 Å². The van der Waals surface area contributed by atoms with E-state index in [4.69, 9.17) is 4.74 Å². The van der Waals surface area contributed by atoms with Crippen molar-refractivity contribution in [3.63, 3.8) is 0 Å². The van der Waals surface area contributed by atoms with Crippen molar-refractivity contribution in [1.29, 1.82) is 0 Å². The fraction of sp³-hybridized carbons (Fsp3) is 0.500. The van der Waals surface area contributed by atoms with Crippen molar-refractivity contribution in [2.45, 2.75) is 39.3 Å². The van der Waals surface area contributed by atoms with Gasteiger partial charge in [-0.05, 0) is 38.5 Å². The molecule has 1 rings (SSSR count). The van der Waals surface area contributed by atoms with E-state index in [-0.39, 0.29) is 11.9 Å². The molecule has 1 unspecified atom stereocenters. The van der Waals surface area contributed by atoms with Gasteiger partial charge < -0.3 is 15.2 Å². The molecule has 0 aliphatic carbocycles. The van der Waals surface area contributed by atoms with E-state index in [2.05, 4.69) is 5.32 Å². The summed E-state index contributed by atoms with van der Waals surface area (Å²) in [7, 11) is 0. The first-order valence-electron chi connectivity index (χ1n) is 6.19. The lowest BCUT2D eigenvalue weighted by molar-refractivity contribution is -0.122. The summed E-state index contributed by atoms with van der Waals surface area (Å²) in [4.78, 5) is 11.4. The highest BCUT2D eigenvalue weighted by Gasteiger charge is 2.05. The number of rotatable bonds is 6. The predicted octanol–water partition coefficient (Wildman–Crippen LogP) is 2.03. The second-order valence-corrected chi connectivity index (χ2v) is 4.57. The standard InChI is InChI=1S/C14H21NO3/c1-10(2)15-14(17)7-8-18-13-6-4-5-12(9-13)11(3)16/h4-6,9-11,16H,7-8H2,1-3H3,(H,15,17). The van der Waals surface area contributed by atoms with Gasteiger partial charge in [-0.2, -0.15) is 0 Å². The molecule has 1 amide bonds. The highest BCUT2D eigenvalue weighted by molar-refractivity contribution is 5.76. The third-order valence-corrected chi connectivity index (χ3v) is 2.39. The van der Waals surface area contributed by atoms with E-state index < -0.39 is 6.10 Å². The first-order valence-corrected chi connectivity index (χ1v) is 6.19. The fourth-order valence-electron chi connectivity index (χ4n) is 1.52. The van der Waals surface area contributed by atoms with Gasteiger partial charge in [0, 0.05) is 6.04 Å². The van der Waals surface area contributed by atoms with E-state index in [1.165, 1.54) is 0 Å². The highest BCUT2D eigenvalue weighted by Crippen LogP contribution is 2.18. The molecule has 4 nitrogen and oxygen atoms in total. The van der Waals surface area contributed by atoms with Gasteiger partial charge in [-0.1, -0.05) is 12.1 Å². The summed E-state index contributed by atoms with van der Waals surface area (Å²) >= 11 is 0. The normalized spacial score (nSPS) is 12.3. The molecule has 0 fully saturated rings. The highest BCUT2D eigenvalue weighted by atomic mass is 16.5. The van der Waals surface area contributed by atoms with Gasteiger partial charge in [-0.25, -0.2) is 0 Å². The first-order chi connectivity index (χ1) is 8.49. The Balaban J connectivity index is 2.39. The van der Waals surface area contributed by atoms with Crippen molar-refractivity contribution in [2.75, 3.05) is 6.61 Å². The number of carbonyl (C=O) groups excluding carboxylic acids is 1. The molecule has 0 saturated carbocycles. The SMILES string of the molecule is CC(C)NC(=O)CCOc1cccc(C(C)O)c1. The molecule has 0 radical (unpaired) electrons. The summed E-state index contributed by atoms with van der Waals surface area (Å²) < 4.78 is 5.48. The zero-order valence-corrected chi connectivity index (χ0v) is 11.1. The van der Waals surface area contributed by atoms with Crippen molar-refractivity contribution in [2.24, 2.45) is 0 Å². The monoisotopic (exact) mass is 251 g/mol. The minimum atomic E-state index is -0.516. The number of hydrogen-bond donors (Lipinski definition) is 2. The van der Waals surface area contributed by atoms with Gasteiger partial charge in [0.15, 0.2) is 0 Å². The number of aliphatic hydroxyl groups is 1. The largest absolute Gasteiger partial charge is 0.493 e. The van der Waals surface area contributed by atoms with Crippen LogP contribution in [0.2, 0.25) is 0 Å². The van der Waals surface area contributed by atoms with Crippen LogP contribution < -0.4 is 10.1 Å². The van der Waals surface area contributed by atoms with Crippen LogP contribution in [0, 0.1) is 0 Å². The van der Waals surface area contributed by atoms with Gasteiger partial charge >= 0.3 is 0 Å². The molecule has 18 heavy (non-hydrogen) atoms. The third kappa shape index (κ3) is 5.19. The maximum absolute atomic E-state index is 11.4. The molecule has 0 aliphatic heterocycles. The van der Waals surface area contributed by atoms with E-state index in [0.29, 0.717) is 18.8 Å². The lowest BCUT2D eigenvalue weighted by atomic mass is 10.1. The molecule has 0 bridgehead atoms. The minimum Gasteiger partial charge on any atom is -0.493 e. The maximum Gasteiger partial charge on any atom is 0.223 e. The maximum atomic E-state index is 11.4. The Morgan fingerprint density at radius 1 is 1.39 bits per heavy atom. The number of hydrogen-bond acceptors (Lipinski definition) is 3. The summed E-state index contributed by atoms with van der Waals surface area (Å²) in [6.07, 6.45) is -0.185. The molecule has 0 aliphatic rings. The molecule has 1 atom stereocenters. The lowest BCUT2D eigenvalue weighted by Crippen LogP contribution is -2.31. The molecule has 1 aromatic carbocycles. The lowest BCUT2D eigenvalue weighted by Gasteiger charge is -2.11. The van der Waals surface area contributed by atoms with Crippen LogP contribution in [0.15, 0.2) is 24.3 Å². The van der Waals surface area contributed by atoms with Crippen molar-refractivity contribution >= 4 is 5.91 Å². The zero-order valence-electron chi connectivity index (χ0n) is 11.1. The molecule has 4 heteroatoms. The van der Waals surface area contributed by atoms with Crippen LogP contribution in [0.1, 0.15) is 38.9 Å². The molecule has 2 N–H and O–H groups in total. The number of carbonyl (C=O) groups is 1. The quantitative estimate of drug-likeness (QED) is 0.813. The van der Waals surface area contributed by atoms with Crippen LogP contribution in [0.3, 0.4) is 0 Å². The van der Waals surface area contributed by atoms with E-state index >= 15 is 0 Å². The van der Waals surface area contributed by atoms with E-state index in [0.717, 1.165) is 5.56 Å². The topological polar surface area (TPSA) is 58.6 Å². The Morgan fingerprint density at radius 2 is 2.11 bits per heavy atom. The second-order valence-electron chi connectivity index (χ2n) is 4.57. The van der Waals surface area contributed by atoms with Gasteiger partial charge in [0.25, 0.3) is 0 Å². The summed E-state index contributed by atoms with van der Waals surface area (Å²) in [5.74, 6) is 0.655. The van der Waals surface area contributed by atoms with Crippen molar-refractivity contribution in [1.82, 2.24) is 5.32 Å². The van der Waals surface area contributed by atoms with Gasteiger partial charge in [0.1, 0.15) is 5.75 Å². The average Bonchev–Trinajstić information content (AvgIpc) is 2.28. The zero-order chi connectivity index (χ0) is 13.5. The Kier molecular flexibility index (Phi) is 5.65. The Hall–Kier alpha value is -1.55. The summed E-state index contributed by atoms with van der Waals surface area (Å²) in [5, 5.41) is 12.2. The average molecular weight is 251 g/mol. The van der Waals surface area contributed by atoms with E-state index in [1.54, 1.807) is 13.0 Å². The number of nitrogens with one attached hydrogen (secondary N) is 1. The Labute approximate surface area is 108 Å². The van der Waals surface area contributed by atoms with Gasteiger partial charge in [0.2, 0.25) is 5.91 Å². The van der Waals surface area contributed by atoms with Gasteiger partial charge in [0.05, 0.1) is 19.1 Å². The van der Waals surface area contributed by atoms with E-state index in [9.17, 15) is 9.90 Å². The molecule has 1 aromatic rings. The summed E-state index contributed by atoms with van der Waals surface area (Å²) in [6, 6.07) is 7.40. The number of ether oxygens (including phenoxy) is 1.